The van der Waals surface area contributed by atoms with Gasteiger partial charge in [0.15, 0.2) is 5.96 Å². The number of benzene rings is 1. The molecule has 2 fully saturated rings. The van der Waals surface area contributed by atoms with Gasteiger partial charge in [0.25, 0.3) is 0 Å². The number of rotatable bonds is 7. The summed E-state index contributed by atoms with van der Waals surface area (Å²) in [5, 5.41) is 6.59. The number of piperazine rings is 1. The first kappa shape index (κ1) is 23.9. The molecule has 1 aromatic rings. The third-order valence-electron chi connectivity index (χ3n) is 5.70. The van der Waals surface area contributed by atoms with Crippen molar-refractivity contribution in [3.63, 3.8) is 0 Å². The predicted molar refractivity (Wildman–Crippen MR) is 130 cm³/mol. The van der Waals surface area contributed by atoms with Crippen molar-refractivity contribution in [1.29, 1.82) is 0 Å². The van der Waals surface area contributed by atoms with E-state index in [4.69, 9.17) is 0 Å². The van der Waals surface area contributed by atoms with E-state index in [2.05, 4.69) is 55.8 Å². The lowest BCUT2D eigenvalue weighted by Crippen LogP contribution is -2.54. The van der Waals surface area contributed by atoms with Crippen molar-refractivity contribution in [2.75, 3.05) is 46.3 Å². The summed E-state index contributed by atoms with van der Waals surface area (Å²) in [5.41, 5.74) is 1.80. The Morgan fingerprint density at radius 3 is 2.34 bits per heavy atom. The minimum Gasteiger partial charge on any atom is -0.356 e. The molecule has 1 aliphatic heterocycles. The first-order chi connectivity index (χ1) is 13.5. The minimum atomic E-state index is 0. The molecule has 0 atom stereocenters. The number of aliphatic imine (C=N–C) groups is 1. The SMILES string of the molecule is CN=C(NCC1(Cc2ccccc2)CC1)N1CCN(CC(=O)NC(C)C)CC1.I. The van der Waals surface area contributed by atoms with Crippen molar-refractivity contribution in [1.82, 2.24) is 20.4 Å². The molecule has 0 radical (unpaired) electrons. The molecule has 162 valence electrons. The van der Waals surface area contributed by atoms with Gasteiger partial charge in [-0.05, 0) is 44.1 Å². The van der Waals surface area contributed by atoms with Crippen LogP contribution < -0.4 is 10.6 Å². The van der Waals surface area contributed by atoms with Crippen LogP contribution in [0.3, 0.4) is 0 Å². The van der Waals surface area contributed by atoms with Crippen molar-refractivity contribution in [3.8, 4) is 0 Å². The second kappa shape index (κ2) is 11.2. The van der Waals surface area contributed by atoms with E-state index in [1.54, 1.807) is 0 Å². The Hall–Kier alpha value is -1.35. The molecular weight excluding hydrogens is 477 g/mol. The fourth-order valence-electron chi connectivity index (χ4n) is 3.91. The van der Waals surface area contributed by atoms with Crippen LogP contribution in [0.4, 0.5) is 0 Å². The van der Waals surface area contributed by atoms with Crippen LogP contribution in [-0.2, 0) is 11.2 Å². The quantitative estimate of drug-likeness (QED) is 0.334. The molecule has 3 rings (SSSR count). The monoisotopic (exact) mass is 513 g/mol. The average Bonchev–Trinajstić information content (AvgIpc) is 3.43. The van der Waals surface area contributed by atoms with Crippen molar-refractivity contribution >= 4 is 35.8 Å². The van der Waals surface area contributed by atoms with Crippen molar-refractivity contribution in [3.05, 3.63) is 35.9 Å². The molecule has 1 amide bonds. The van der Waals surface area contributed by atoms with Crippen LogP contribution in [-0.4, -0.2) is 74.0 Å². The number of hydrogen-bond donors (Lipinski definition) is 2. The summed E-state index contributed by atoms with van der Waals surface area (Å²) in [6, 6.07) is 11.0. The smallest absolute Gasteiger partial charge is 0.234 e. The Kier molecular flexibility index (Phi) is 9.20. The Balaban J connectivity index is 0.00000300. The number of halogens is 1. The molecule has 1 saturated carbocycles. The maximum Gasteiger partial charge on any atom is 0.234 e. The zero-order valence-electron chi connectivity index (χ0n) is 18.0. The number of carbonyl (C=O) groups excluding carboxylic acids is 1. The highest BCUT2D eigenvalue weighted by atomic mass is 127. The van der Waals surface area contributed by atoms with Crippen LogP contribution in [0.1, 0.15) is 32.3 Å². The average molecular weight is 513 g/mol. The fourth-order valence-corrected chi connectivity index (χ4v) is 3.91. The zero-order valence-corrected chi connectivity index (χ0v) is 20.3. The molecule has 2 N–H and O–H groups in total. The minimum absolute atomic E-state index is 0. The van der Waals surface area contributed by atoms with E-state index in [-0.39, 0.29) is 35.9 Å². The van der Waals surface area contributed by atoms with Gasteiger partial charge in [-0.15, -0.1) is 24.0 Å². The Labute approximate surface area is 192 Å². The van der Waals surface area contributed by atoms with Crippen LogP contribution in [0.2, 0.25) is 0 Å². The van der Waals surface area contributed by atoms with E-state index in [1.165, 1.54) is 18.4 Å². The van der Waals surface area contributed by atoms with Gasteiger partial charge in [-0.3, -0.25) is 14.7 Å². The summed E-state index contributed by atoms with van der Waals surface area (Å²) in [7, 11) is 1.86. The van der Waals surface area contributed by atoms with Gasteiger partial charge < -0.3 is 15.5 Å². The maximum atomic E-state index is 12.0. The number of amides is 1. The van der Waals surface area contributed by atoms with Crippen LogP contribution in [0, 0.1) is 5.41 Å². The summed E-state index contributed by atoms with van der Waals surface area (Å²) in [6.45, 7) is 9.04. The van der Waals surface area contributed by atoms with E-state index in [1.807, 2.05) is 20.9 Å². The Bertz CT molecular complexity index is 667. The highest BCUT2D eigenvalue weighted by molar-refractivity contribution is 14.0. The second-order valence-corrected chi connectivity index (χ2v) is 8.55. The highest BCUT2D eigenvalue weighted by Crippen LogP contribution is 2.47. The van der Waals surface area contributed by atoms with Crippen LogP contribution >= 0.6 is 24.0 Å². The molecule has 0 spiro atoms. The van der Waals surface area contributed by atoms with Crippen molar-refractivity contribution in [2.24, 2.45) is 10.4 Å². The molecule has 1 heterocycles. The fraction of sp³-hybridized carbons (Fsp3) is 0.636. The molecule has 1 saturated heterocycles. The molecule has 7 heteroatoms. The van der Waals surface area contributed by atoms with Gasteiger partial charge >= 0.3 is 0 Å². The molecule has 0 aromatic heterocycles. The number of carbonyl (C=O) groups is 1. The Morgan fingerprint density at radius 1 is 1.14 bits per heavy atom. The summed E-state index contributed by atoms with van der Waals surface area (Å²) in [6.07, 6.45) is 3.70. The molecule has 6 nitrogen and oxygen atoms in total. The van der Waals surface area contributed by atoms with E-state index in [0.717, 1.165) is 45.1 Å². The maximum absolute atomic E-state index is 12.0. The third kappa shape index (κ3) is 7.44. The normalized spacial score (nSPS) is 18.9. The van der Waals surface area contributed by atoms with Crippen molar-refractivity contribution < 1.29 is 4.79 Å². The Morgan fingerprint density at radius 2 is 1.79 bits per heavy atom. The molecule has 0 bridgehead atoms. The lowest BCUT2D eigenvalue weighted by molar-refractivity contribution is -0.123. The van der Waals surface area contributed by atoms with Gasteiger partial charge in [0, 0.05) is 45.8 Å². The summed E-state index contributed by atoms with van der Waals surface area (Å²) in [5.74, 6) is 1.10. The van der Waals surface area contributed by atoms with Crippen LogP contribution in [0.15, 0.2) is 35.3 Å². The zero-order chi connectivity index (χ0) is 20.0. The molecular formula is C22H36IN5O. The van der Waals surface area contributed by atoms with E-state index >= 15 is 0 Å². The summed E-state index contributed by atoms with van der Waals surface area (Å²) in [4.78, 5) is 21.0. The van der Waals surface area contributed by atoms with E-state index in [0.29, 0.717) is 12.0 Å². The van der Waals surface area contributed by atoms with Crippen LogP contribution in [0.5, 0.6) is 0 Å². The summed E-state index contributed by atoms with van der Waals surface area (Å²) < 4.78 is 0. The second-order valence-electron chi connectivity index (χ2n) is 8.55. The first-order valence-corrected chi connectivity index (χ1v) is 10.5. The van der Waals surface area contributed by atoms with Gasteiger partial charge in [0.2, 0.25) is 5.91 Å². The summed E-state index contributed by atoms with van der Waals surface area (Å²) >= 11 is 0. The highest BCUT2D eigenvalue weighted by Gasteiger charge is 2.42. The van der Waals surface area contributed by atoms with Gasteiger partial charge in [0.1, 0.15) is 0 Å². The topological polar surface area (TPSA) is 60.0 Å². The van der Waals surface area contributed by atoms with Crippen molar-refractivity contribution in [2.45, 2.75) is 39.2 Å². The lowest BCUT2D eigenvalue weighted by atomic mass is 9.96. The first-order valence-electron chi connectivity index (χ1n) is 10.5. The van der Waals surface area contributed by atoms with E-state index in [9.17, 15) is 4.79 Å². The van der Waals surface area contributed by atoms with Gasteiger partial charge in [-0.1, -0.05) is 30.3 Å². The number of guanidine groups is 1. The number of hydrogen-bond acceptors (Lipinski definition) is 3. The molecule has 29 heavy (non-hydrogen) atoms. The molecule has 1 aliphatic carbocycles. The molecule has 2 aliphatic rings. The van der Waals surface area contributed by atoms with Gasteiger partial charge in [-0.25, -0.2) is 0 Å². The standard InChI is InChI=1S/C22H35N5O.HI/c1-18(2)25-20(28)16-26-11-13-27(14-12-26)21(23-3)24-17-22(9-10-22)15-19-7-5-4-6-8-19;/h4-8,18H,9-17H2,1-3H3,(H,23,24)(H,25,28);1H. The largest absolute Gasteiger partial charge is 0.356 e. The number of nitrogens with zero attached hydrogens (tertiary/aromatic N) is 3. The van der Waals surface area contributed by atoms with E-state index < -0.39 is 0 Å². The molecule has 1 aromatic carbocycles. The molecule has 0 unspecified atom stereocenters. The lowest BCUT2D eigenvalue weighted by Gasteiger charge is -2.36. The number of nitrogens with one attached hydrogen (secondary N) is 2. The van der Waals surface area contributed by atoms with Gasteiger partial charge in [0.05, 0.1) is 6.54 Å². The van der Waals surface area contributed by atoms with Crippen LogP contribution in [0.25, 0.3) is 0 Å². The van der Waals surface area contributed by atoms with Gasteiger partial charge in [-0.2, -0.15) is 0 Å². The predicted octanol–water partition coefficient (Wildman–Crippen LogP) is 2.34. The third-order valence-corrected chi connectivity index (χ3v) is 5.70.